The topological polar surface area (TPSA) is 64.3 Å². The zero-order valence-electron chi connectivity index (χ0n) is 11.7. The number of ether oxygens (including phenoxy) is 1. The summed E-state index contributed by atoms with van der Waals surface area (Å²) in [7, 11) is 1.65. The van der Waals surface area contributed by atoms with Crippen molar-refractivity contribution < 1.29 is 9.53 Å². The summed E-state index contributed by atoms with van der Waals surface area (Å²) in [5, 5.41) is 0. The molecule has 0 aromatic heterocycles. The molecule has 0 saturated heterocycles. The van der Waals surface area contributed by atoms with Crippen LogP contribution >= 0.6 is 0 Å². The Labute approximate surface area is 108 Å². The van der Waals surface area contributed by atoms with E-state index in [1.807, 2.05) is 32.0 Å². The lowest BCUT2D eigenvalue weighted by atomic mass is 9.82. The number of carbonyl (C=O) groups excluding carboxylic acids is 1. The Morgan fingerprint density at radius 1 is 1.39 bits per heavy atom. The molecule has 0 unspecified atom stereocenters. The molecule has 0 aliphatic rings. The lowest BCUT2D eigenvalue weighted by Gasteiger charge is -2.24. The van der Waals surface area contributed by atoms with Crippen LogP contribution in [0.5, 0.6) is 5.75 Å². The lowest BCUT2D eigenvalue weighted by molar-refractivity contribution is -0.125. The van der Waals surface area contributed by atoms with Gasteiger partial charge >= 0.3 is 0 Å². The number of carbonyl (C=O) groups is 1. The van der Waals surface area contributed by atoms with Crippen LogP contribution < -0.4 is 16.0 Å². The summed E-state index contributed by atoms with van der Waals surface area (Å²) in [6, 6.07) is 5.81. The van der Waals surface area contributed by atoms with Gasteiger partial charge in [0, 0.05) is 0 Å². The number of nitrogens with one attached hydrogen (secondary N) is 1. The van der Waals surface area contributed by atoms with Gasteiger partial charge in [-0.2, -0.15) is 0 Å². The first-order valence-electron chi connectivity index (χ1n) is 6.04. The van der Waals surface area contributed by atoms with Crippen molar-refractivity contribution in [2.45, 2.75) is 39.0 Å². The molecule has 0 spiro atoms. The van der Waals surface area contributed by atoms with Gasteiger partial charge in [0.05, 0.1) is 12.5 Å². The highest BCUT2D eigenvalue weighted by Crippen LogP contribution is 2.32. The minimum absolute atomic E-state index is 0.206. The molecule has 0 fully saturated rings. The molecule has 0 atom stereocenters. The molecule has 0 heterocycles. The first-order chi connectivity index (χ1) is 8.34. The monoisotopic (exact) mass is 250 g/mol. The Bertz CT molecular complexity index is 439. The van der Waals surface area contributed by atoms with E-state index in [-0.39, 0.29) is 5.91 Å². The van der Waals surface area contributed by atoms with Gasteiger partial charge in [0.2, 0.25) is 5.91 Å². The van der Waals surface area contributed by atoms with E-state index in [1.54, 1.807) is 7.11 Å². The first-order valence-corrected chi connectivity index (χ1v) is 6.04. The highest BCUT2D eigenvalue weighted by molar-refractivity contribution is 5.86. The van der Waals surface area contributed by atoms with Crippen LogP contribution in [0, 0.1) is 0 Å². The highest BCUT2D eigenvalue weighted by Gasteiger charge is 2.30. The third kappa shape index (κ3) is 2.64. The first kappa shape index (κ1) is 14.5. The SMILES string of the molecule is COc1ccc(C(C)(C)C(=O)NN)cc1C(C)C. The van der Waals surface area contributed by atoms with E-state index in [9.17, 15) is 4.79 Å². The predicted octanol–water partition coefficient (Wildman–Crippen LogP) is 2.09. The number of hydrazine groups is 1. The van der Waals surface area contributed by atoms with Crippen molar-refractivity contribution in [3.63, 3.8) is 0 Å². The summed E-state index contributed by atoms with van der Waals surface area (Å²) < 4.78 is 5.34. The van der Waals surface area contributed by atoms with Gasteiger partial charge in [-0.3, -0.25) is 10.2 Å². The number of hydrogen-bond donors (Lipinski definition) is 2. The van der Waals surface area contributed by atoms with Gasteiger partial charge in [0.15, 0.2) is 0 Å². The fourth-order valence-electron chi connectivity index (χ4n) is 1.89. The molecule has 1 amide bonds. The molecule has 4 heteroatoms. The molecule has 1 aromatic carbocycles. The second kappa shape index (κ2) is 5.40. The van der Waals surface area contributed by atoms with Crippen LogP contribution in [0.15, 0.2) is 18.2 Å². The maximum absolute atomic E-state index is 11.8. The van der Waals surface area contributed by atoms with Crippen LogP contribution in [-0.4, -0.2) is 13.0 Å². The van der Waals surface area contributed by atoms with Crippen molar-refractivity contribution in [2.24, 2.45) is 5.84 Å². The zero-order chi connectivity index (χ0) is 13.9. The zero-order valence-corrected chi connectivity index (χ0v) is 11.7. The summed E-state index contributed by atoms with van der Waals surface area (Å²) >= 11 is 0. The van der Waals surface area contributed by atoms with Crippen molar-refractivity contribution in [3.8, 4) is 5.75 Å². The van der Waals surface area contributed by atoms with Crippen LogP contribution in [0.4, 0.5) is 0 Å². The molecule has 1 aromatic rings. The molecule has 18 heavy (non-hydrogen) atoms. The third-order valence-electron chi connectivity index (χ3n) is 3.27. The Hall–Kier alpha value is -1.55. The van der Waals surface area contributed by atoms with Crippen LogP contribution in [0.3, 0.4) is 0 Å². The quantitative estimate of drug-likeness (QED) is 0.488. The molecule has 1 rings (SSSR count). The number of methoxy groups -OCH3 is 1. The second-order valence-electron chi connectivity index (χ2n) is 5.21. The summed E-state index contributed by atoms with van der Waals surface area (Å²) in [5.74, 6) is 6.19. The number of nitrogens with two attached hydrogens (primary N) is 1. The van der Waals surface area contributed by atoms with E-state index in [1.165, 1.54) is 0 Å². The molecule has 100 valence electrons. The van der Waals surface area contributed by atoms with Crippen molar-refractivity contribution in [2.75, 3.05) is 7.11 Å². The molecule has 4 nitrogen and oxygen atoms in total. The minimum Gasteiger partial charge on any atom is -0.496 e. The van der Waals surface area contributed by atoms with Gasteiger partial charge in [-0.25, -0.2) is 5.84 Å². The summed E-state index contributed by atoms with van der Waals surface area (Å²) in [5.41, 5.74) is 3.57. The smallest absolute Gasteiger partial charge is 0.243 e. The maximum Gasteiger partial charge on any atom is 0.243 e. The average Bonchev–Trinajstić information content (AvgIpc) is 2.36. The van der Waals surface area contributed by atoms with E-state index in [2.05, 4.69) is 19.3 Å². The number of amides is 1. The Morgan fingerprint density at radius 2 is 2.00 bits per heavy atom. The van der Waals surface area contributed by atoms with E-state index in [0.717, 1.165) is 16.9 Å². The summed E-state index contributed by atoms with van der Waals surface area (Å²) in [4.78, 5) is 11.8. The van der Waals surface area contributed by atoms with Gasteiger partial charge in [0.25, 0.3) is 0 Å². The fraction of sp³-hybridized carbons (Fsp3) is 0.500. The van der Waals surface area contributed by atoms with E-state index in [4.69, 9.17) is 10.6 Å². The number of hydrogen-bond acceptors (Lipinski definition) is 3. The average molecular weight is 250 g/mol. The van der Waals surface area contributed by atoms with Gasteiger partial charge in [0.1, 0.15) is 5.75 Å². The van der Waals surface area contributed by atoms with Gasteiger partial charge < -0.3 is 4.74 Å². The Kier molecular flexibility index (Phi) is 4.35. The fourth-order valence-corrected chi connectivity index (χ4v) is 1.89. The molecule has 0 aliphatic heterocycles. The maximum atomic E-state index is 11.8. The molecule has 3 N–H and O–H groups in total. The summed E-state index contributed by atoms with van der Waals surface area (Å²) in [6.07, 6.45) is 0. The standard InChI is InChI=1S/C14H22N2O2/c1-9(2)11-8-10(6-7-12(11)18-5)14(3,4)13(17)16-15/h6-9H,15H2,1-5H3,(H,16,17). The second-order valence-corrected chi connectivity index (χ2v) is 5.21. The normalized spacial score (nSPS) is 11.5. The highest BCUT2D eigenvalue weighted by atomic mass is 16.5. The van der Waals surface area contributed by atoms with Gasteiger partial charge in [-0.1, -0.05) is 26.0 Å². The van der Waals surface area contributed by atoms with Gasteiger partial charge in [-0.15, -0.1) is 0 Å². The molecule has 0 saturated carbocycles. The van der Waals surface area contributed by atoms with Crippen LogP contribution in [0.1, 0.15) is 44.7 Å². The Balaban J connectivity index is 3.27. The molecule has 0 bridgehead atoms. The van der Waals surface area contributed by atoms with Crippen molar-refractivity contribution in [1.82, 2.24) is 5.43 Å². The minimum atomic E-state index is -0.662. The third-order valence-corrected chi connectivity index (χ3v) is 3.27. The van der Waals surface area contributed by atoms with Crippen LogP contribution in [-0.2, 0) is 10.2 Å². The largest absolute Gasteiger partial charge is 0.496 e. The number of rotatable bonds is 4. The van der Waals surface area contributed by atoms with E-state index in [0.29, 0.717) is 5.92 Å². The molecule has 0 aliphatic carbocycles. The van der Waals surface area contributed by atoms with Crippen LogP contribution in [0.25, 0.3) is 0 Å². The molecular formula is C14H22N2O2. The number of benzene rings is 1. The summed E-state index contributed by atoms with van der Waals surface area (Å²) in [6.45, 7) is 7.89. The van der Waals surface area contributed by atoms with Gasteiger partial charge in [-0.05, 0) is 37.0 Å². The van der Waals surface area contributed by atoms with Crippen LogP contribution in [0.2, 0.25) is 0 Å². The van der Waals surface area contributed by atoms with E-state index >= 15 is 0 Å². The lowest BCUT2D eigenvalue weighted by Crippen LogP contribution is -2.43. The van der Waals surface area contributed by atoms with Crippen molar-refractivity contribution >= 4 is 5.91 Å². The van der Waals surface area contributed by atoms with E-state index < -0.39 is 5.41 Å². The molecular weight excluding hydrogens is 228 g/mol. The Morgan fingerprint density at radius 3 is 2.44 bits per heavy atom. The predicted molar refractivity (Wildman–Crippen MR) is 72.4 cm³/mol. The molecule has 0 radical (unpaired) electrons. The van der Waals surface area contributed by atoms with Crippen molar-refractivity contribution in [3.05, 3.63) is 29.3 Å². The van der Waals surface area contributed by atoms with Crippen molar-refractivity contribution in [1.29, 1.82) is 0 Å².